The van der Waals surface area contributed by atoms with E-state index < -0.39 is 0 Å². The van der Waals surface area contributed by atoms with Crippen molar-refractivity contribution in [1.82, 2.24) is 19.3 Å². The number of hydrogen-bond donors (Lipinski definition) is 0. The first-order valence-electron chi connectivity index (χ1n) is 8.31. The molecule has 0 saturated carbocycles. The molecule has 1 atom stereocenters. The number of aryl methyl sites for hydroxylation is 2. The molecule has 2 heterocycles. The predicted molar refractivity (Wildman–Crippen MR) is 91.9 cm³/mol. The monoisotopic (exact) mass is 320 g/mol. The Bertz CT molecular complexity index is 915. The molecule has 0 fully saturated rings. The van der Waals surface area contributed by atoms with Crippen LogP contribution in [0.3, 0.4) is 0 Å². The number of carbonyl (C=O) groups excluding carboxylic acids is 1. The van der Waals surface area contributed by atoms with Crippen LogP contribution in [0.2, 0.25) is 0 Å². The normalized spacial score (nSPS) is 16.8. The lowest BCUT2D eigenvalue weighted by molar-refractivity contribution is 0.0707. The zero-order valence-corrected chi connectivity index (χ0v) is 13.9. The van der Waals surface area contributed by atoms with Crippen LogP contribution in [0, 0.1) is 6.92 Å². The van der Waals surface area contributed by atoms with Gasteiger partial charge < -0.3 is 4.90 Å². The van der Waals surface area contributed by atoms with Crippen molar-refractivity contribution >= 4 is 11.7 Å². The number of fused-ring (bicyclic) bond motifs is 2. The second-order valence-electron chi connectivity index (χ2n) is 6.36. The molecule has 3 aromatic rings. The predicted octanol–water partition coefficient (Wildman–Crippen LogP) is 3.19. The highest BCUT2D eigenvalue weighted by atomic mass is 16.2. The summed E-state index contributed by atoms with van der Waals surface area (Å²) in [7, 11) is 1.89. The van der Waals surface area contributed by atoms with E-state index in [1.807, 2.05) is 31.1 Å². The van der Waals surface area contributed by atoms with Crippen LogP contribution < -0.4 is 0 Å². The lowest BCUT2D eigenvalue weighted by atomic mass is 9.87. The second-order valence-corrected chi connectivity index (χ2v) is 6.36. The number of aromatic nitrogens is 3. The summed E-state index contributed by atoms with van der Waals surface area (Å²) in [6, 6.07) is 10.4. The highest BCUT2D eigenvalue weighted by Gasteiger charge is 2.29. The number of benzene rings is 1. The van der Waals surface area contributed by atoms with Gasteiger partial charge in [-0.1, -0.05) is 24.3 Å². The summed E-state index contributed by atoms with van der Waals surface area (Å²) < 4.78 is 1.78. The maximum Gasteiger partial charge on any atom is 0.273 e. The third-order valence-electron chi connectivity index (χ3n) is 4.91. The van der Waals surface area contributed by atoms with Gasteiger partial charge in [0.2, 0.25) is 5.78 Å². The van der Waals surface area contributed by atoms with E-state index in [4.69, 9.17) is 0 Å². The minimum Gasteiger partial charge on any atom is -0.333 e. The van der Waals surface area contributed by atoms with Crippen LogP contribution in [0.5, 0.6) is 0 Å². The Kier molecular flexibility index (Phi) is 3.56. The van der Waals surface area contributed by atoms with Gasteiger partial charge in [-0.15, -0.1) is 0 Å². The van der Waals surface area contributed by atoms with E-state index in [-0.39, 0.29) is 11.9 Å². The van der Waals surface area contributed by atoms with E-state index in [1.54, 1.807) is 10.6 Å². The number of hydrogen-bond acceptors (Lipinski definition) is 3. The van der Waals surface area contributed by atoms with Gasteiger partial charge in [0.05, 0.1) is 11.7 Å². The smallest absolute Gasteiger partial charge is 0.273 e. The molecule has 1 amide bonds. The first kappa shape index (κ1) is 14.9. The molecule has 1 unspecified atom stereocenters. The molecule has 0 bridgehead atoms. The fourth-order valence-electron chi connectivity index (χ4n) is 3.69. The van der Waals surface area contributed by atoms with Gasteiger partial charge in [-0.2, -0.15) is 0 Å². The van der Waals surface area contributed by atoms with Crippen LogP contribution in [0.25, 0.3) is 5.78 Å². The minimum absolute atomic E-state index is 0.00490. The van der Waals surface area contributed by atoms with Crippen LogP contribution in [-0.2, 0) is 6.42 Å². The van der Waals surface area contributed by atoms with Gasteiger partial charge in [0.15, 0.2) is 0 Å². The average molecular weight is 320 g/mol. The Morgan fingerprint density at radius 3 is 3.00 bits per heavy atom. The maximum absolute atomic E-state index is 13.2. The van der Waals surface area contributed by atoms with Crippen LogP contribution in [0.4, 0.5) is 0 Å². The summed E-state index contributed by atoms with van der Waals surface area (Å²) in [6.45, 7) is 1.87. The Labute approximate surface area is 141 Å². The highest BCUT2D eigenvalue weighted by molar-refractivity contribution is 5.94. The Morgan fingerprint density at radius 2 is 2.12 bits per heavy atom. The van der Waals surface area contributed by atoms with Crippen molar-refractivity contribution in [2.75, 3.05) is 7.05 Å². The molecule has 4 rings (SSSR count). The zero-order chi connectivity index (χ0) is 16.7. The van der Waals surface area contributed by atoms with E-state index in [2.05, 4.69) is 34.2 Å². The second kappa shape index (κ2) is 5.74. The van der Waals surface area contributed by atoms with E-state index in [1.165, 1.54) is 11.1 Å². The largest absolute Gasteiger partial charge is 0.333 e. The number of rotatable bonds is 2. The molecule has 122 valence electrons. The molecule has 0 radical (unpaired) electrons. The standard InChI is InChI=1S/C19H20N4O/c1-13-17(23-12-6-11-20-19(23)21-13)18(24)22(2)16-10-5-8-14-7-3-4-9-15(14)16/h3-4,6-7,9,11-12,16H,5,8,10H2,1-2H3. The van der Waals surface area contributed by atoms with Gasteiger partial charge in [0.1, 0.15) is 5.69 Å². The summed E-state index contributed by atoms with van der Waals surface area (Å²) in [5, 5.41) is 0. The molecule has 0 saturated heterocycles. The van der Waals surface area contributed by atoms with Gasteiger partial charge in [-0.25, -0.2) is 9.97 Å². The average Bonchev–Trinajstić information content (AvgIpc) is 2.95. The molecule has 1 aliphatic carbocycles. The van der Waals surface area contributed by atoms with Crippen LogP contribution in [0.15, 0.2) is 42.7 Å². The Balaban J connectivity index is 1.74. The topological polar surface area (TPSA) is 50.5 Å². The van der Waals surface area contributed by atoms with Gasteiger partial charge in [0.25, 0.3) is 5.91 Å². The van der Waals surface area contributed by atoms with Gasteiger partial charge in [0, 0.05) is 19.4 Å². The maximum atomic E-state index is 13.2. The van der Waals surface area contributed by atoms with Crippen molar-refractivity contribution in [2.24, 2.45) is 0 Å². The Morgan fingerprint density at radius 1 is 1.29 bits per heavy atom. The lowest BCUT2D eigenvalue weighted by Crippen LogP contribution is -2.34. The summed E-state index contributed by atoms with van der Waals surface area (Å²) in [6.07, 6.45) is 6.73. The number of amides is 1. The minimum atomic E-state index is -0.00490. The van der Waals surface area contributed by atoms with Gasteiger partial charge >= 0.3 is 0 Å². The fraction of sp³-hybridized carbons (Fsp3) is 0.316. The molecule has 0 N–H and O–H groups in total. The molecule has 0 spiro atoms. The molecule has 5 heteroatoms. The zero-order valence-electron chi connectivity index (χ0n) is 13.9. The SMILES string of the molecule is Cc1nc2ncccn2c1C(=O)N(C)C1CCCc2ccccc21. The molecule has 5 nitrogen and oxygen atoms in total. The summed E-state index contributed by atoms with van der Waals surface area (Å²) >= 11 is 0. The summed E-state index contributed by atoms with van der Waals surface area (Å²) in [5.74, 6) is 0.561. The number of carbonyl (C=O) groups is 1. The van der Waals surface area contributed by atoms with E-state index in [9.17, 15) is 4.79 Å². The Hall–Kier alpha value is -2.69. The quantitative estimate of drug-likeness (QED) is 0.728. The van der Waals surface area contributed by atoms with Crippen molar-refractivity contribution in [3.05, 3.63) is 65.2 Å². The molecule has 24 heavy (non-hydrogen) atoms. The van der Waals surface area contributed by atoms with Crippen LogP contribution in [-0.4, -0.2) is 32.2 Å². The summed E-state index contributed by atoms with van der Waals surface area (Å²) in [4.78, 5) is 23.7. The summed E-state index contributed by atoms with van der Waals surface area (Å²) in [5.41, 5.74) is 3.94. The van der Waals surface area contributed by atoms with E-state index in [0.29, 0.717) is 11.5 Å². The van der Waals surface area contributed by atoms with Gasteiger partial charge in [-0.05, 0) is 43.4 Å². The van der Waals surface area contributed by atoms with Crippen molar-refractivity contribution in [3.8, 4) is 0 Å². The first-order valence-corrected chi connectivity index (χ1v) is 8.31. The molecular formula is C19H20N4O. The molecule has 0 aliphatic heterocycles. The van der Waals surface area contributed by atoms with E-state index >= 15 is 0 Å². The van der Waals surface area contributed by atoms with Crippen molar-refractivity contribution < 1.29 is 4.79 Å². The number of nitrogens with zero attached hydrogens (tertiary/aromatic N) is 4. The van der Waals surface area contributed by atoms with E-state index in [0.717, 1.165) is 25.0 Å². The van der Waals surface area contributed by atoms with Crippen LogP contribution >= 0.6 is 0 Å². The van der Waals surface area contributed by atoms with Crippen molar-refractivity contribution in [2.45, 2.75) is 32.2 Å². The first-order chi connectivity index (χ1) is 11.7. The molecular weight excluding hydrogens is 300 g/mol. The molecule has 1 aromatic carbocycles. The fourth-order valence-corrected chi connectivity index (χ4v) is 3.69. The highest BCUT2D eigenvalue weighted by Crippen LogP contribution is 2.34. The van der Waals surface area contributed by atoms with Crippen molar-refractivity contribution in [3.63, 3.8) is 0 Å². The number of imidazole rings is 1. The van der Waals surface area contributed by atoms with Crippen LogP contribution in [0.1, 0.15) is 46.2 Å². The van der Waals surface area contributed by atoms with Gasteiger partial charge in [-0.3, -0.25) is 9.20 Å². The molecule has 2 aromatic heterocycles. The third kappa shape index (κ3) is 2.28. The van der Waals surface area contributed by atoms with Crippen molar-refractivity contribution in [1.29, 1.82) is 0 Å². The lowest BCUT2D eigenvalue weighted by Gasteiger charge is -2.33. The third-order valence-corrected chi connectivity index (χ3v) is 4.91. The molecule has 1 aliphatic rings.